The van der Waals surface area contributed by atoms with Crippen molar-refractivity contribution >= 4 is 40.1 Å². The van der Waals surface area contributed by atoms with Gasteiger partial charge in [0, 0.05) is 30.7 Å². The van der Waals surface area contributed by atoms with Crippen LogP contribution < -0.4 is 10.2 Å². The molecular weight excluding hydrogens is 404 g/mol. The van der Waals surface area contributed by atoms with Gasteiger partial charge in [0.25, 0.3) is 5.95 Å². The number of aromatic hydroxyl groups is 1. The first-order chi connectivity index (χ1) is 15.7. The summed E-state index contributed by atoms with van der Waals surface area (Å²) >= 11 is 0. The maximum Gasteiger partial charge on any atom is 0.275 e. The summed E-state index contributed by atoms with van der Waals surface area (Å²) in [6.07, 6.45) is 2.21. The quantitative estimate of drug-likeness (QED) is 0.403. The highest BCUT2D eigenvalue weighted by Crippen LogP contribution is 2.39. The minimum absolute atomic E-state index is 0.0777. The maximum atomic E-state index is 10.7. The molecule has 1 aliphatic heterocycles. The fourth-order valence-electron chi connectivity index (χ4n) is 3.95. The molecule has 1 aliphatic rings. The number of hydrogen-bond acceptors (Lipinski definition) is 8. The zero-order valence-corrected chi connectivity index (χ0v) is 17.8. The van der Waals surface area contributed by atoms with Crippen LogP contribution in [-0.2, 0) is 6.54 Å². The van der Waals surface area contributed by atoms with E-state index in [1.807, 2.05) is 61.5 Å². The molecule has 0 bridgehead atoms. The van der Waals surface area contributed by atoms with Crippen molar-refractivity contribution < 1.29 is 5.11 Å². The Hall–Kier alpha value is -4.01. The summed E-state index contributed by atoms with van der Waals surface area (Å²) in [6.45, 7) is 4.40. The number of nitrogens with zero attached hydrogens (tertiary/aromatic N) is 7. The molecule has 0 spiro atoms. The Labute approximate surface area is 185 Å². The number of para-hydroxylation sites is 2. The molecular formula is C23H24N8O. The molecule has 3 heterocycles. The Morgan fingerprint density at radius 1 is 0.938 bits per heavy atom. The average Bonchev–Trinajstić information content (AvgIpc) is 3.45. The third-order valence-corrected chi connectivity index (χ3v) is 5.50. The third kappa shape index (κ3) is 3.84. The van der Waals surface area contributed by atoms with Gasteiger partial charge in [-0.2, -0.15) is 15.0 Å². The number of nitrogens with one attached hydrogen (secondary N) is 1. The predicted molar refractivity (Wildman–Crippen MR) is 124 cm³/mol. The van der Waals surface area contributed by atoms with Crippen molar-refractivity contribution in [3.63, 3.8) is 0 Å². The lowest BCUT2D eigenvalue weighted by atomic mass is 10.2. The molecule has 0 amide bonds. The van der Waals surface area contributed by atoms with Crippen molar-refractivity contribution in [2.24, 2.45) is 10.2 Å². The van der Waals surface area contributed by atoms with Crippen molar-refractivity contribution in [2.45, 2.75) is 26.3 Å². The molecule has 0 aliphatic carbocycles. The van der Waals surface area contributed by atoms with E-state index in [4.69, 9.17) is 0 Å². The first-order valence-electron chi connectivity index (χ1n) is 10.8. The molecule has 2 N–H and O–H groups in total. The van der Waals surface area contributed by atoms with E-state index in [9.17, 15) is 5.11 Å². The molecule has 1 fully saturated rings. The number of anilines is 3. The van der Waals surface area contributed by atoms with Crippen molar-refractivity contribution in [3.8, 4) is 5.88 Å². The Balaban J connectivity index is 1.53. The number of benzene rings is 2. The molecule has 4 aromatic rings. The van der Waals surface area contributed by atoms with Crippen LogP contribution in [0, 0.1) is 0 Å². The van der Waals surface area contributed by atoms with Crippen LogP contribution in [0.2, 0.25) is 0 Å². The molecule has 1 saturated heterocycles. The van der Waals surface area contributed by atoms with E-state index in [0.717, 1.165) is 42.5 Å². The van der Waals surface area contributed by atoms with Crippen molar-refractivity contribution in [1.29, 1.82) is 0 Å². The smallest absolute Gasteiger partial charge is 0.275 e. The minimum atomic E-state index is 0.0777. The number of rotatable bonds is 6. The normalized spacial score (nSPS) is 14.0. The molecule has 2 aromatic heterocycles. The van der Waals surface area contributed by atoms with Crippen LogP contribution >= 0.6 is 0 Å². The molecule has 32 heavy (non-hydrogen) atoms. The number of aromatic nitrogens is 4. The topological polar surface area (TPSA) is 104 Å². The summed E-state index contributed by atoms with van der Waals surface area (Å²) in [5, 5.41) is 23.4. The molecule has 0 radical (unpaired) electrons. The number of hydrogen-bond donors (Lipinski definition) is 2. The van der Waals surface area contributed by atoms with Gasteiger partial charge in [0.2, 0.25) is 17.8 Å². The Bertz CT molecular complexity index is 1260. The fraction of sp³-hybridized carbons (Fsp3) is 0.261. The fourth-order valence-corrected chi connectivity index (χ4v) is 3.95. The van der Waals surface area contributed by atoms with E-state index in [-0.39, 0.29) is 11.8 Å². The minimum Gasteiger partial charge on any atom is -0.493 e. The van der Waals surface area contributed by atoms with Gasteiger partial charge in [-0.25, -0.2) is 0 Å². The second-order valence-electron chi connectivity index (χ2n) is 7.58. The predicted octanol–water partition coefficient (Wildman–Crippen LogP) is 5.31. The number of azo groups is 1. The molecule has 2 aromatic carbocycles. The Morgan fingerprint density at radius 2 is 1.69 bits per heavy atom. The van der Waals surface area contributed by atoms with Crippen LogP contribution in [-0.4, -0.2) is 37.7 Å². The van der Waals surface area contributed by atoms with E-state index < -0.39 is 0 Å². The summed E-state index contributed by atoms with van der Waals surface area (Å²) in [4.78, 5) is 15.7. The molecule has 0 atom stereocenters. The second-order valence-corrected chi connectivity index (χ2v) is 7.58. The van der Waals surface area contributed by atoms with Crippen molar-refractivity contribution in [3.05, 3.63) is 54.6 Å². The number of fused-ring (bicyclic) bond motifs is 1. The zero-order valence-electron chi connectivity index (χ0n) is 17.8. The van der Waals surface area contributed by atoms with Gasteiger partial charge in [0.1, 0.15) is 0 Å². The van der Waals surface area contributed by atoms with E-state index in [0.29, 0.717) is 24.1 Å². The monoisotopic (exact) mass is 428 g/mol. The summed E-state index contributed by atoms with van der Waals surface area (Å²) < 4.78 is 1.80. The Kier molecular flexibility index (Phi) is 5.37. The van der Waals surface area contributed by atoms with Crippen LogP contribution in [0.5, 0.6) is 5.88 Å². The highest BCUT2D eigenvalue weighted by Gasteiger charge is 2.19. The van der Waals surface area contributed by atoms with Crippen LogP contribution in [0.3, 0.4) is 0 Å². The van der Waals surface area contributed by atoms with Crippen LogP contribution in [0.25, 0.3) is 10.9 Å². The van der Waals surface area contributed by atoms with Gasteiger partial charge >= 0.3 is 0 Å². The summed E-state index contributed by atoms with van der Waals surface area (Å²) in [6, 6.07) is 17.4. The van der Waals surface area contributed by atoms with Gasteiger partial charge in [0.15, 0.2) is 5.69 Å². The van der Waals surface area contributed by atoms with Crippen molar-refractivity contribution in [1.82, 2.24) is 19.5 Å². The molecule has 0 saturated carbocycles. The standard InChI is InChI=1S/C23H24N8O/c1-2-31-18-13-7-6-12-17(18)19(20(31)32)28-29-22-25-21(24-16-10-4-3-5-11-16)26-23(27-22)30-14-8-9-15-30/h3-7,10-13,32H,2,8-9,14-15H2,1H3,(H,24,25,26,27). The third-order valence-electron chi connectivity index (χ3n) is 5.50. The van der Waals surface area contributed by atoms with Gasteiger partial charge in [-0.05, 0) is 38.0 Å². The van der Waals surface area contributed by atoms with Gasteiger partial charge in [-0.15, -0.1) is 10.2 Å². The van der Waals surface area contributed by atoms with Gasteiger partial charge in [0.05, 0.1) is 5.52 Å². The highest BCUT2D eigenvalue weighted by molar-refractivity contribution is 5.94. The number of aryl methyl sites for hydroxylation is 1. The van der Waals surface area contributed by atoms with Crippen LogP contribution in [0.1, 0.15) is 19.8 Å². The SMILES string of the molecule is CCn1c(O)c(N=Nc2nc(Nc3ccccc3)nc(N3CCCC3)n2)c2ccccc21. The lowest BCUT2D eigenvalue weighted by Crippen LogP contribution is -2.21. The van der Waals surface area contributed by atoms with E-state index in [1.165, 1.54) is 0 Å². The maximum absolute atomic E-state index is 10.7. The molecule has 9 heteroatoms. The zero-order chi connectivity index (χ0) is 21.9. The van der Waals surface area contributed by atoms with Gasteiger partial charge in [-0.1, -0.05) is 36.4 Å². The summed E-state index contributed by atoms with van der Waals surface area (Å²) in [7, 11) is 0. The Morgan fingerprint density at radius 3 is 2.47 bits per heavy atom. The van der Waals surface area contributed by atoms with E-state index >= 15 is 0 Å². The average molecular weight is 429 g/mol. The van der Waals surface area contributed by atoms with Crippen LogP contribution in [0.15, 0.2) is 64.8 Å². The summed E-state index contributed by atoms with van der Waals surface area (Å²) in [5.74, 6) is 1.24. The van der Waals surface area contributed by atoms with Gasteiger partial charge in [-0.3, -0.25) is 0 Å². The second kappa shape index (κ2) is 8.62. The first kappa shape index (κ1) is 19.9. The highest BCUT2D eigenvalue weighted by atomic mass is 16.3. The summed E-state index contributed by atoms with van der Waals surface area (Å²) in [5.41, 5.74) is 2.18. The van der Waals surface area contributed by atoms with Crippen LogP contribution in [0.4, 0.5) is 29.2 Å². The molecule has 0 unspecified atom stereocenters. The lowest BCUT2D eigenvalue weighted by Gasteiger charge is -2.15. The van der Waals surface area contributed by atoms with E-state index in [1.54, 1.807) is 4.57 Å². The largest absolute Gasteiger partial charge is 0.493 e. The van der Waals surface area contributed by atoms with E-state index in [2.05, 4.69) is 35.4 Å². The molecule has 5 rings (SSSR count). The molecule has 162 valence electrons. The van der Waals surface area contributed by atoms with Crippen molar-refractivity contribution in [2.75, 3.05) is 23.3 Å². The first-order valence-corrected chi connectivity index (χ1v) is 10.8. The lowest BCUT2D eigenvalue weighted by molar-refractivity contribution is 0.427. The molecule has 9 nitrogen and oxygen atoms in total. The van der Waals surface area contributed by atoms with Gasteiger partial charge < -0.3 is 19.9 Å².